The molecule has 1 aromatic rings. The average Bonchev–Trinajstić information content (AvgIpc) is 2.63. The van der Waals surface area contributed by atoms with E-state index < -0.39 is 23.1 Å². The Labute approximate surface area is 102 Å². The Morgan fingerprint density at radius 1 is 1.11 bits per heavy atom. The molecule has 2 aliphatic rings. The van der Waals surface area contributed by atoms with Gasteiger partial charge in [-0.3, -0.25) is 0 Å². The van der Waals surface area contributed by atoms with Crippen molar-refractivity contribution in [3.63, 3.8) is 0 Å². The first-order valence-corrected chi connectivity index (χ1v) is 6.01. The zero-order valence-electron chi connectivity index (χ0n) is 9.63. The predicted molar refractivity (Wildman–Crippen MR) is 57.3 cm³/mol. The number of ether oxygens (including phenoxy) is 1. The Morgan fingerprint density at radius 2 is 1.72 bits per heavy atom. The molecule has 5 heteroatoms. The fraction of sp³-hybridized carbons (Fsp3) is 0.538. The molecule has 2 bridgehead atoms. The summed E-state index contributed by atoms with van der Waals surface area (Å²) in [5.74, 6) is -3.31. The van der Waals surface area contributed by atoms with Crippen LogP contribution in [0.25, 0.3) is 0 Å². The summed E-state index contributed by atoms with van der Waals surface area (Å²) in [5, 5.41) is 10.5. The van der Waals surface area contributed by atoms with Gasteiger partial charge in [0, 0.05) is 24.5 Å². The lowest BCUT2D eigenvalue weighted by atomic mass is 9.83. The van der Waals surface area contributed by atoms with Gasteiger partial charge in [0.25, 0.3) is 0 Å². The van der Waals surface area contributed by atoms with Crippen LogP contribution in [0.5, 0.6) is 0 Å². The summed E-state index contributed by atoms with van der Waals surface area (Å²) in [4.78, 5) is 0. The summed E-state index contributed by atoms with van der Waals surface area (Å²) in [5.41, 5.74) is -1.82. The smallest absolute Gasteiger partial charge is 0.165 e. The Hall–Kier alpha value is -1.07. The van der Waals surface area contributed by atoms with Gasteiger partial charge in [0.2, 0.25) is 0 Å². The van der Waals surface area contributed by atoms with E-state index in [0.29, 0.717) is 6.07 Å². The summed E-state index contributed by atoms with van der Waals surface area (Å²) in [6.07, 6.45) is 1.66. The SMILES string of the molecule is OC1(c2cc(F)cc(F)c2F)CC2CCC(C1)O2. The van der Waals surface area contributed by atoms with E-state index in [4.69, 9.17) is 4.74 Å². The van der Waals surface area contributed by atoms with Crippen LogP contribution in [0.15, 0.2) is 12.1 Å². The number of rotatable bonds is 1. The van der Waals surface area contributed by atoms with Gasteiger partial charge in [0.05, 0.1) is 17.8 Å². The van der Waals surface area contributed by atoms with Crippen molar-refractivity contribution in [2.45, 2.75) is 43.5 Å². The number of hydrogen-bond acceptors (Lipinski definition) is 2. The maximum Gasteiger partial charge on any atom is 0.165 e. The van der Waals surface area contributed by atoms with Crippen LogP contribution in [0.1, 0.15) is 31.2 Å². The van der Waals surface area contributed by atoms with E-state index in [9.17, 15) is 18.3 Å². The minimum atomic E-state index is -1.53. The van der Waals surface area contributed by atoms with Crippen LogP contribution in [-0.2, 0) is 10.3 Å². The van der Waals surface area contributed by atoms with E-state index in [1.165, 1.54) is 0 Å². The van der Waals surface area contributed by atoms with Gasteiger partial charge in [0.1, 0.15) is 5.82 Å². The lowest BCUT2D eigenvalue weighted by Crippen LogP contribution is -2.39. The maximum absolute atomic E-state index is 13.7. The molecule has 18 heavy (non-hydrogen) atoms. The van der Waals surface area contributed by atoms with Crippen LogP contribution in [0, 0.1) is 17.5 Å². The van der Waals surface area contributed by atoms with Crippen molar-refractivity contribution in [2.75, 3.05) is 0 Å². The van der Waals surface area contributed by atoms with E-state index in [-0.39, 0.29) is 30.6 Å². The van der Waals surface area contributed by atoms with Crippen LogP contribution < -0.4 is 0 Å². The quantitative estimate of drug-likeness (QED) is 0.785. The monoisotopic (exact) mass is 258 g/mol. The summed E-state index contributed by atoms with van der Waals surface area (Å²) < 4.78 is 45.7. The molecule has 0 spiro atoms. The normalized spacial score (nSPS) is 34.9. The Morgan fingerprint density at radius 3 is 2.33 bits per heavy atom. The van der Waals surface area contributed by atoms with Gasteiger partial charge in [0.15, 0.2) is 11.6 Å². The third-order valence-electron chi connectivity index (χ3n) is 3.82. The van der Waals surface area contributed by atoms with Crippen LogP contribution in [0.3, 0.4) is 0 Å². The standard InChI is InChI=1S/C13H13F3O2/c14-7-3-10(12(16)11(15)4-7)13(17)5-8-1-2-9(6-13)18-8/h3-4,8-9,17H,1-2,5-6H2. The van der Waals surface area contributed by atoms with Crippen LogP contribution >= 0.6 is 0 Å². The first-order chi connectivity index (χ1) is 8.48. The highest BCUT2D eigenvalue weighted by Gasteiger charge is 2.46. The zero-order valence-corrected chi connectivity index (χ0v) is 9.63. The minimum absolute atomic E-state index is 0.153. The van der Waals surface area contributed by atoms with Crippen molar-refractivity contribution in [1.82, 2.24) is 0 Å². The first-order valence-electron chi connectivity index (χ1n) is 6.01. The molecular weight excluding hydrogens is 245 g/mol. The molecule has 0 aromatic heterocycles. The molecular formula is C13H13F3O2. The van der Waals surface area contributed by atoms with E-state index in [2.05, 4.69) is 0 Å². The number of aliphatic hydroxyl groups is 1. The van der Waals surface area contributed by atoms with Crippen LogP contribution in [-0.4, -0.2) is 17.3 Å². The fourth-order valence-electron chi connectivity index (χ4n) is 3.03. The lowest BCUT2D eigenvalue weighted by molar-refractivity contribution is -0.117. The Bertz CT molecular complexity index is 477. The van der Waals surface area contributed by atoms with Gasteiger partial charge >= 0.3 is 0 Å². The molecule has 3 rings (SSSR count). The van der Waals surface area contributed by atoms with Crippen LogP contribution in [0.4, 0.5) is 13.2 Å². The Balaban J connectivity index is 2.03. The third kappa shape index (κ3) is 1.82. The fourth-order valence-corrected chi connectivity index (χ4v) is 3.03. The van der Waals surface area contributed by atoms with Gasteiger partial charge in [-0.15, -0.1) is 0 Å². The molecule has 2 heterocycles. The van der Waals surface area contributed by atoms with Crippen molar-refractivity contribution in [3.8, 4) is 0 Å². The molecule has 98 valence electrons. The first kappa shape index (κ1) is 12.0. The second-order valence-electron chi connectivity index (χ2n) is 5.15. The van der Waals surface area contributed by atoms with Crippen molar-refractivity contribution in [2.24, 2.45) is 0 Å². The summed E-state index contributed by atoms with van der Waals surface area (Å²) in [6, 6.07) is 1.36. The highest BCUT2D eigenvalue weighted by molar-refractivity contribution is 5.28. The molecule has 0 amide bonds. The minimum Gasteiger partial charge on any atom is -0.385 e. The van der Waals surface area contributed by atoms with Gasteiger partial charge in [-0.1, -0.05) is 0 Å². The molecule has 1 aromatic carbocycles. The molecule has 2 atom stereocenters. The molecule has 2 nitrogen and oxygen atoms in total. The lowest BCUT2D eigenvalue weighted by Gasteiger charge is -2.37. The van der Waals surface area contributed by atoms with E-state index >= 15 is 0 Å². The van der Waals surface area contributed by atoms with Crippen molar-refractivity contribution in [3.05, 3.63) is 35.1 Å². The van der Waals surface area contributed by atoms with Crippen molar-refractivity contribution >= 4 is 0 Å². The molecule has 2 aliphatic heterocycles. The van der Waals surface area contributed by atoms with E-state index in [1.807, 2.05) is 0 Å². The topological polar surface area (TPSA) is 29.5 Å². The van der Waals surface area contributed by atoms with Crippen LogP contribution in [0.2, 0.25) is 0 Å². The second-order valence-corrected chi connectivity index (χ2v) is 5.15. The van der Waals surface area contributed by atoms with Crippen molar-refractivity contribution in [1.29, 1.82) is 0 Å². The number of hydrogen-bond donors (Lipinski definition) is 1. The molecule has 2 saturated heterocycles. The average molecular weight is 258 g/mol. The molecule has 0 radical (unpaired) electrons. The summed E-state index contributed by atoms with van der Waals surface area (Å²) in [7, 11) is 0. The summed E-state index contributed by atoms with van der Waals surface area (Å²) in [6.45, 7) is 0. The largest absolute Gasteiger partial charge is 0.385 e. The highest BCUT2D eigenvalue weighted by Crippen LogP contribution is 2.44. The molecule has 2 unspecified atom stereocenters. The number of fused-ring (bicyclic) bond motifs is 2. The molecule has 0 aliphatic carbocycles. The second kappa shape index (κ2) is 3.96. The predicted octanol–water partition coefficient (Wildman–Crippen LogP) is 2.63. The van der Waals surface area contributed by atoms with Gasteiger partial charge in [-0.25, -0.2) is 13.2 Å². The summed E-state index contributed by atoms with van der Waals surface area (Å²) >= 11 is 0. The maximum atomic E-state index is 13.7. The Kier molecular flexibility index (Phi) is 2.64. The molecule has 0 saturated carbocycles. The molecule has 1 N–H and O–H groups in total. The zero-order chi connectivity index (χ0) is 12.9. The van der Waals surface area contributed by atoms with Gasteiger partial charge < -0.3 is 9.84 Å². The van der Waals surface area contributed by atoms with E-state index in [1.54, 1.807) is 0 Å². The van der Waals surface area contributed by atoms with Gasteiger partial charge in [-0.2, -0.15) is 0 Å². The number of halogens is 3. The highest BCUT2D eigenvalue weighted by atomic mass is 19.2. The van der Waals surface area contributed by atoms with Gasteiger partial charge in [-0.05, 0) is 18.9 Å². The van der Waals surface area contributed by atoms with Crippen molar-refractivity contribution < 1.29 is 23.0 Å². The number of benzene rings is 1. The third-order valence-corrected chi connectivity index (χ3v) is 3.82. The van der Waals surface area contributed by atoms with E-state index in [0.717, 1.165) is 18.9 Å². The molecule has 2 fully saturated rings.